The summed E-state index contributed by atoms with van der Waals surface area (Å²) < 4.78 is 65.0. The zero-order valence-corrected chi connectivity index (χ0v) is 49.5. The molecule has 0 aliphatic carbocycles. The summed E-state index contributed by atoms with van der Waals surface area (Å²) >= 11 is 0. The summed E-state index contributed by atoms with van der Waals surface area (Å²) in [6, 6.07) is 1.85. The number of hydrogen-bond acceptors (Lipinski definition) is 12. The third kappa shape index (κ3) is 28.0. The van der Waals surface area contributed by atoms with Crippen LogP contribution in [0.1, 0.15) is 19.3 Å². The molecule has 0 saturated heterocycles. The normalized spacial score (nSPS) is 15.3. The average Bonchev–Trinajstić information content (AvgIpc) is 2.84. The summed E-state index contributed by atoms with van der Waals surface area (Å²) in [6.07, 6.45) is 2.51. The van der Waals surface area contributed by atoms with Gasteiger partial charge in [-0.1, -0.05) is 6.42 Å². The summed E-state index contributed by atoms with van der Waals surface area (Å²) in [5.41, 5.74) is -1.14. The summed E-state index contributed by atoms with van der Waals surface area (Å²) in [7, 11) is -22.1. The lowest BCUT2D eigenvalue weighted by atomic mass is 10.1. The number of aliphatic hydroxyl groups is 2. The topological polar surface area (TPSA) is 133 Å². The second kappa shape index (κ2) is 21.7. The summed E-state index contributed by atoms with van der Waals surface area (Å²) in [5, 5.41) is 20.4. The number of unbranched alkanes of at least 4 members (excludes halogenated alkanes) is 1. The SMILES string of the molecule is C[Si](C)(C)O[Si](C)(C)O[Si](C)(C)O[Si](C)(C)O[Si](C)(C)CCCCOC(CO)(CO)COCCC[Si](C)(C)O[Si](C)(C)O[Si](C)(C)O[Si](C)(C)O[Si](C)(C)C. The Balaban J connectivity index is 4.88. The molecule has 0 bridgehead atoms. The van der Waals surface area contributed by atoms with Gasteiger partial charge in [-0.2, -0.15) is 0 Å². The highest BCUT2D eigenvalue weighted by Crippen LogP contribution is 2.29. The molecule has 0 aromatic carbocycles. The maximum Gasteiger partial charge on any atom is 0.314 e. The number of ether oxygens (including phenoxy) is 2. The summed E-state index contributed by atoms with van der Waals surface area (Å²) in [4.78, 5) is 0. The van der Waals surface area contributed by atoms with Gasteiger partial charge in [0.2, 0.25) is 0 Å². The van der Waals surface area contributed by atoms with E-state index in [4.69, 9.17) is 42.4 Å². The average molecular weight is 958 g/mol. The van der Waals surface area contributed by atoms with E-state index in [0.29, 0.717) is 13.2 Å². The van der Waals surface area contributed by atoms with Crippen LogP contribution in [0.5, 0.6) is 0 Å². The molecule has 22 heteroatoms. The maximum atomic E-state index is 10.2. The van der Waals surface area contributed by atoms with E-state index in [9.17, 15) is 10.2 Å². The van der Waals surface area contributed by atoms with Crippen LogP contribution in [-0.2, 0) is 42.4 Å². The third-order valence-corrected chi connectivity index (χ3v) is 43.7. The number of aliphatic hydroxyl groups excluding tert-OH is 2. The van der Waals surface area contributed by atoms with Crippen molar-refractivity contribution in [1.29, 1.82) is 0 Å². The van der Waals surface area contributed by atoms with Crippen LogP contribution in [0.25, 0.3) is 0 Å². The van der Waals surface area contributed by atoms with E-state index >= 15 is 0 Å². The highest BCUT2D eigenvalue weighted by atomic mass is 28.5. The van der Waals surface area contributed by atoms with Crippen LogP contribution in [0.3, 0.4) is 0 Å². The maximum absolute atomic E-state index is 10.2. The van der Waals surface area contributed by atoms with Crippen molar-refractivity contribution < 1.29 is 52.6 Å². The zero-order chi connectivity index (χ0) is 43.6. The molecule has 55 heavy (non-hydrogen) atoms. The highest BCUT2D eigenvalue weighted by molar-refractivity contribution is 6.91. The van der Waals surface area contributed by atoms with Crippen LogP contribution in [-0.4, -0.2) is 133 Å². The lowest BCUT2D eigenvalue weighted by molar-refractivity contribution is -0.146. The molecule has 0 saturated carbocycles. The molecule has 0 amide bonds. The van der Waals surface area contributed by atoms with Crippen LogP contribution < -0.4 is 0 Å². The first kappa shape index (κ1) is 56.7. The molecular weight excluding hydrogens is 869 g/mol. The smallest absolute Gasteiger partial charge is 0.314 e. The Labute approximate surface area is 349 Å². The fourth-order valence-corrected chi connectivity index (χ4v) is 55.0. The van der Waals surface area contributed by atoms with E-state index in [1.165, 1.54) is 0 Å². The lowest BCUT2D eigenvalue weighted by Gasteiger charge is -2.42. The number of rotatable bonds is 30. The van der Waals surface area contributed by atoms with Crippen LogP contribution in [0.2, 0.25) is 156 Å². The molecule has 0 heterocycles. The third-order valence-electron chi connectivity index (χ3n) is 7.70. The molecular formula is C33H88O12Si10. The predicted octanol–water partition coefficient (Wildman–Crippen LogP) is 9.34. The van der Waals surface area contributed by atoms with Crippen molar-refractivity contribution in [3.05, 3.63) is 0 Å². The van der Waals surface area contributed by atoms with Crippen molar-refractivity contribution in [2.75, 3.05) is 33.0 Å². The second-order valence-corrected chi connectivity index (χ2v) is 60.7. The minimum atomic E-state index is -2.48. The first-order valence-electron chi connectivity index (χ1n) is 20.2. The van der Waals surface area contributed by atoms with Crippen LogP contribution in [0.4, 0.5) is 0 Å². The quantitative estimate of drug-likeness (QED) is 0.0526. The van der Waals surface area contributed by atoms with Crippen molar-refractivity contribution in [1.82, 2.24) is 0 Å². The van der Waals surface area contributed by atoms with Gasteiger partial charge >= 0.3 is 51.4 Å². The van der Waals surface area contributed by atoms with Gasteiger partial charge in [0, 0.05) is 13.2 Å². The van der Waals surface area contributed by atoms with Gasteiger partial charge in [-0.25, -0.2) is 0 Å². The molecule has 0 aliphatic heterocycles. The Hall–Kier alpha value is 1.69. The van der Waals surface area contributed by atoms with Crippen molar-refractivity contribution in [3.63, 3.8) is 0 Å². The number of hydrogen-bond donors (Lipinski definition) is 2. The van der Waals surface area contributed by atoms with E-state index in [2.05, 4.69) is 144 Å². The molecule has 0 atom stereocenters. The molecule has 0 aromatic rings. The Morgan fingerprint density at radius 2 is 0.673 bits per heavy atom. The van der Waals surface area contributed by atoms with Gasteiger partial charge in [-0.05, 0) is 169 Å². The molecule has 0 rings (SSSR count). The van der Waals surface area contributed by atoms with Crippen molar-refractivity contribution in [2.45, 2.75) is 181 Å². The minimum absolute atomic E-state index is 0.118. The molecule has 0 unspecified atom stereocenters. The predicted molar refractivity (Wildman–Crippen MR) is 252 cm³/mol. The van der Waals surface area contributed by atoms with E-state index in [0.717, 1.165) is 31.4 Å². The minimum Gasteiger partial charge on any atom is -0.437 e. The van der Waals surface area contributed by atoms with Crippen LogP contribution >= 0.6 is 0 Å². The molecule has 0 aliphatic rings. The molecule has 12 nitrogen and oxygen atoms in total. The fraction of sp³-hybridized carbons (Fsp3) is 1.00. The standard InChI is InChI=1S/C33H88O12Si10/c1-46(2,3)38-50(11,12)42-54(19,20)44-52(15,16)40-48(7,8)28-24-23-27-37-33(30-34,31-35)32-36-26-25-29-49(9,10)41-53(17,18)45-55(21,22)43-51(13,14)39-47(4,5)6/h34-35H,23-32H2,1-22H3. The Morgan fingerprint density at radius 1 is 0.364 bits per heavy atom. The van der Waals surface area contributed by atoms with Gasteiger partial charge in [0.05, 0.1) is 19.8 Å². The van der Waals surface area contributed by atoms with Gasteiger partial charge in [-0.3, -0.25) is 0 Å². The largest absolute Gasteiger partial charge is 0.437 e. The van der Waals surface area contributed by atoms with Crippen LogP contribution in [0, 0.1) is 0 Å². The van der Waals surface area contributed by atoms with Gasteiger partial charge < -0.3 is 52.6 Å². The fourth-order valence-electron chi connectivity index (χ4n) is 7.47. The summed E-state index contributed by atoms with van der Waals surface area (Å²) in [6.45, 7) is 47.7. The molecule has 0 fully saturated rings. The highest BCUT2D eigenvalue weighted by Gasteiger charge is 2.47. The molecule has 2 N–H and O–H groups in total. The first-order valence-corrected chi connectivity index (χ1v) is 50.2. The Bertz CT molecular complexity index is 1040. The van der Waals surface area contributed by atoms with E-state index in [1.807, 2.05) is 0 Å². The molecule has 0 aromatic heterocycles. The zero-order valence-electron chi connectivity index (χ0n) is 39.5. The first-order chi connectivity index (χ1) is 24.2. The van der Waals surface area contributed by atoms with E-state index < -0.39 is 90.2 Å². The van der Waals surface area contributed by atoms with E-state index in [1.54, 1.807) is 0 Å². The second-order valence-electron chi connectivity index (χ2n) is 20.9. The van der Waals surface area contributed by atoms with Crippen molar-refractivity contribution in [2.24, 2.45) is 0 Å². The lowest BCUT2D eigenvalue weighted by Crippen LogP contribution is -2.58. The monoisotopic (exact) mass is 956 g/mol. The van der Waals surface area contributed by atoms with Gasteiger partial charge in [0.25, 0.3) is 0 Å². The molecule has 0 spiro atoms. The summed E-state index contributed by atoms with van der Waals surface area (Å²) in [5.74, 6) is 0. The van der Waals surface area contributed by atoms with Gasteiger partial charge in [0.1, 0.15) is 5.60 Å². The van der Waals surface area contributed by atoms with Gasteiger partial charge in [-0.15, -0.1) is 0 Å². The molecule has 332 valence electrons. The Kier molecular flexibility index (Phi) is 22.3. The Morgan fingerprint density at radius 3 is 1.00 bits per heavy atom. The van der Waals surface area contributed by atoms with Crippen molar-refractivity contribution in [3.8, 4) is 0 Å². The van der Waals surface area contributed by atoms with Crippen LogP contribution in [0.15, 0.2) is 0 Å². The van der Waals surface area contributed by atoms with Gasteiger partial charge in [0.15, 0.2) is 33.3 Å². The molecule has 0 radical (unpaired) electrons. The van der Waals surface area contributed by atoms with Crippen molar-refractivity contribution >= 4 is 84.6 Å². The van der Waals surface area contributed by atoms with E-state index in [-0.39, 0.29) is 19.8 Å².